The molecule has 0 aliphatic heterocycles. The Morgan fingerprint density at radius 2 is 2.05 bits per heavy atom. The highest BCUT2D eigenvalue weighted by Crippen LogP contribution is 2.25. The van der Waals surface area contributed by atoms with Gasteiger partial charge in [-0.3, -0.25) is 4.79 Å². The fourth-order valence-electron chi connectivity index (χ4n) is 1.88. The van der Waals surface area contributed by atoms with Crippen LogP contribution in [-0.2, 0) is 6.54 Å². The summed E-state index contributed by atoms with van der Waals surface area (Å²) in [4.78, 5) is 19.1. The van der Waals surface area contributed by atoms with Crippen molar-refractivity contribution in [2.24, 2.45) is 0 Å². The second kappa shape index (κ2) is 5.52. The van der Waals surface area contributed by atoms with Crippen LogP contribution in [0.2, 0.25) is 4.34 Å². The largest absolute Gasteiger partial charge is 0.334 e. The van der Waals surface area contributed by atoms with Gasteiger partial charge in [-0.1, -0.05) is 23.7 Å². The zero-order valence-electron chi connectivity index (χ0n) is 10.7. The minimum absolute atomic E-state index is 0.0267. The van der Waals surface area contributed by atoms with Gasteiger partial charge in [-0.05, 0) is 24.3 Å². The maximum Gasteiger partial charge on any atom is 0.264 e. The summed E-state index contributed by atoms with van der Waals surface area (Å²) in [6.45, 7) is 0.508. The average molecular weight is 323 g/mol. The molecule has 6 heteroatoms. The summed E-state index contributed by atoms with van der Waals surface area (Å²) in [6.07, 6.45) is 0. The van der Waals surface area contributed by atoms with Gasteiger partial charge in [0.05, 0.1) is 26.0 Å². The fraction of sp³-hybridized carbons (Fsp3) is 0.143. The molecule has 0 spiro atoms. The lowest BCUT2D eigenvalue weighted by Crippen LogP contribution is -2.25. The van der Waals surface area contributed by atoms with Crippen LogP contribution in [0.3, 0.4) is 0 Å². The lowest BCUT2D eigenvalue weighted by Gasteiger charge is -2.14. The number of amides is 1. The van der Waals surface area contributed by atoms with Crippen LogP contribution >= 0.6 is 34.3 Å². The smallest absolute Gasteiger partial charge is 0.264 e. The quantitative estimate of drug-likeness (QED) is 0.721. The normalized spacial score (nSPS) is 10.9. The second-order valence-corrected chi connectivity index (χ2v) is 7.17. The zero-order chi connectivity index (χ0) is 14.1. The Kier molecular flexibility index (Phi) is 3.74. The fourth-order valence-corrected chi connectivity index (χ4v) is 3.94. The van der Waals surface area contributed by atoms with Gasteiger partial charge in [0.15, 0.2) is 0 Å². The third-order valence-corrected chi connectivity index (χ3v) is 5.08. The van der Waals surface area contributed by atoms with Gasteiger partial charge in [-0.2, -0.15) is 0 Å². The van der Waals surface area contributed by atoms with Crippen molar-refractivity contribution in [3.8, 4) is 0 Å². The zero-order valence-corrected chi connectivity index (χ0v) is 13.1. The number of benzene rings is 1. The lowest BCUT2D eigenvalue weighted by molar-refractivity contribution is 0.0790. The summed E-state index contributed by atoms with van der Waals surface area (Å²) in [5, 5.41) is 0.935. The van der Waals surface area contributed by atoms with Crippen LogP contribution < -0.4 is 0 Å². The molecule has 0 N–H and O–H groups in total. The van der Waals surface area contributed by atoms with Gasteiger partial charge in [0.2, 0.25) is 0 Å². The molecule has 3 rings (SSSR count). The maximum atomic E-state index is 12.2. The number of rotatable bonds is 3. The molecule has 0 saturated carbocycles. The van der Waals surface area contributed by atoms with E-state index < -0.39 is 0 Å². The first-order chi connectivity index (χ1) is 9.63. The predicted octanol–water partition coefficient (Wildman–Crippen LogP) is 4.28. The molecule has 3 nitrogen and oxygen atoms in total. The first-order valence-electron chi connectivity index (χ1n) is 5.99. The van der Waals surface area contributed by atoms with Crippen molar-refractivity contribution >= 4 is 50.4 Å². The van der Waals surface area contributed by atoms with Gasteiger partial charge in [0.25, 0.3) is 5.91 Å². The summed E-state index contributed by atoms with van der Waals surface area (Å²) >= 11 is 8.77. The van der Waals surface area contributed by atoms with E-state index >= 15 is 0 Å². The lowest BCUT2D eigenvalue weighted by atomic mass is 10.3. The first-order valence-corrected chi connectivity index (χ1v) is 8.00. The van der Waals surface area contributed by atoms with Crippen molar-refractivity contribution in [1.29, 1.82) is 0 Å². The predicted molar refractivity (Wildman–Crippen MR) is 84.7 cm³/mol. The SMILES string of the molecule is CN(Cc1nc2ccccc2s1)C(=O)c1ccc(Cl)s1. The summed E-state index contributed by atoms with van der Waals surface area (Å²) < 4.78 is 1.77. The van der Waals surface area contributed by atoms with Crippen LogP contribution in [0.1, 0.15) is 14.7 Å². The van der Waals surface area contributed by atoms with Crippen LogP contribution in [0.5, 0.6) is 0 Å². The van der Waals surface area contributed by atoms with Crippen molar-refractivity contribution in [2.45, 2.75) is 6.54 Å². The molecule has 0 fully saturated rings. The second-order valence-electron chi connectivity index (χ2n) is 4.34. The van der Waals surface area contributed by atoms with E-state index in [4.69, 9.17) is 11.6 Å². The summed E-state index contributed by atoms with van der Waals surface area (Å²) in [7, 11) is 1.78. The molecule has 2 aromatic heterocycles. The number of halogens is 1. The Morgan fingerprint density at radius 3 is 2.75 bits per heavy atom. The van der Waals surface area contributed by atoms with E-state index in [-0.39, 0.29) is 5.91 Å². The number of carbonyl (C=O) groups is 1. The Morgan fingerprint density at radius 1 is 1.25 bits per heavy atom. The van der Waals surface area contributed by atoms with E-state index in [0.29, 0.717) is 15.8 Å². The van der Waals surface area contributed by atoms with Crippen molar-refractivity contribution in [3.63, 3.8) is 0 Å². The number of thiazole rings is 1. The highest BCUT2D eigenvalue weighted by molar-refractivity contribution is 7.18. The van der Waals surface area contributed by atoms with Gasteiger partial charge < -0.3 is 4.90 Å². The minimum Gasteiger partial charge on any atom is -0.334 e. The van der Waals surface area contributed by atoms with Crippen LogP contribution in [0.25, 0.3) is 10.2 Å². The molecule has 102 valence electrons. The maximum absolute atomic E-state index is 12.2. The van der Waals surface area contributed by atoms with Crippen LogP contribution in [0.15, 0.2) is 36.4 Å². The molecule has 0 aliphatic rings. The van der Waals surface area contributed by atoms with E-state index in [2.05, 4.69) is 4.98 Å². The molecule has 0 unspecified atom stereocenters. The molecule has 20 heavy (non-hydrogen) atoms. The minimum atomic E-state index is -0.0267. The van der Waals surface area contributed by atoms with Crippen LogP contribution in [0.4, 0.5) is 0 Å². The topological polar surface area (TPSA) is 33.2 Å². The Balaban J connectivity index is 1.78. The number of nitrogens with zero attached hydrogens (tertiary/aromatic N) is 2. The highest BCUT2D eigenvalue weighted by Gasteiger charge is 2.15. The highest BCUT2D eigenvalue weighted by atomic mass is 35.5. The number of fused-ring (bicyclic) bond motifs is 1. The molecule has 2 heterocycles. The molecule has 3 aromatic rings. The van der Waals surface area contributed by atoms with Crippen molar-refractivity contribution in [3.05, 3.63) is 50.6 Å². The van der Waals surface area contributed by atoms with Gasteiger partial charge in [-0.15, -0.1) is 22.7 Å². The number of aromatic nitrogens is 1. The molecule has 0 bridgehead atoms. The third kappa shape index (κ3) is 2.70. The van der Waals surface area contributed by atoms with Gasteiger partial charge in [-0.25, -0.2) is 4.98 Å². The molecule has 0 radical (unpaired) electrons. The van der Waals surface area contributed by atoms with Crippen LogP contribution in [0, 0.1) is 0 Å². The molecule has 0 aliphatic carbocycles. The van der Waals surface area contributed by atoms with Crippen molar-refractivity contribution < 1.29 is 4.79 Å². The summed E-state index contributed by atoms with van der Waals surface area (Å²) in [6, 6.07) is 11.5. The standard InChI is InChI=1S/C14H11ClN2OS2/c1-17(14(18)11-6-7-12(15)19-11)8-13-16-9-4-2-3-5-10(9)20-13/h2-7H,8H2,1H3. The van der Waals surface area contributed by atoms with Crippen LogP contribution in [-0.4, -0.2) is 22.8 Å². The summed E-state index contributed by atoms with van der Waals surface area (Å²) in [5.41, 5.74) is 0.979. The average Bonchev–Trinajstić information content (AvgIpc) is 3.03. The number of carbonyl (C=O) groups excluding carboxylic acids is 1. The van der Waals surface area contributed by atoms with E-state index in [1.807, 2.05) is 24.3 Å². The van der Waals surface area contributed by atoms with Gasteiger partial charge in [0.1, 0.15) is 5.01 Å². The van der Waals surface area contributed by atoms with Crippen molar-refractivity contribution in [1.82, 2.24) is 9.88 Å². The van der Waals surface area contributed by atoms with E-state index in [1.165, 1.54) is 11.3 Å². The monoisotopic (exact) mass is 322 g/mol. The number of para-hydroxylation sites is 1. The molecule has 1 amide bonds. The third-order valence-electron chi connectivity index (χ3n) is 2.84. The molecule has 0 saturated heterocycles. The number of hydrogen-bond donors (Lipinski definition) is 0. The number of hydrogen-bond acceptors (Lipinski definition) is 4. The Bertz CT molecular complexity index is 732. The van der Waals surface area contributed by atoms with Gasteiger partial charge >= 0.3 is 0 Å². The molecular weight excluding hydrogens is 312 g/mol. The van der Waals surface area contributed by atoms with Gasteiger partial charge in [0, 0.05) is 7.05 Å². The van der Waals surface area contributed by atoms with E-state index in [1.54, 1.807) is 35.4 Å². The molecular formula is C14H11ClN2OS2. The first kappa shape index (κ1) is 13.5. The molecule has 0 atom stereocenters. The number of thiophene rings is 1. The summed E-state index contributed by atoms with van der Waals surface area (Å²) in [5.74, 6) is -0.0267. The molecule has 1 aromatic carbocycles. The Labute approximate surface area is 129 Å². The van der Waals surface area contributed by atoms with E-state index in [9.17, 15) is 4.79 Å². The van der Waals surface area contributed by atoms with Crippen molar-refractivity contribution in [2.75, 3.05) is 7.05 Å². The van der Waals surface area contributed by atoms with E-state index in [0.717, 1.165) is 15.2 Å². The Hall–Kier alpha value is -1.43.